The molecule has 4 heteroatoms. The Kier molecular flexibility index (Phi) is 3.74. The van der Waals surface area contributed by atoms with E-state index < -0.39 is 5.97 Å². The third-order valence-electron chi connectivity index (χ3n) is 3.28. The number of nitrogens with zero attached hydrogens (tertiary/aromatic N) is 1. The van der Waals surface area contributed by atoms with Gasteiger partial charge in [-0.3, -0.25) is 0 Å². The van der Waals surface area contributed by atoms with Crippen LogP contribution in [0.1, 0.15) is 16.7 Å². The van der Waals surface area contributed by atoms with Gasteiger partial charge in [-0.15, -0.1) is 0 Å². The van der Waals surface area contributed by atoms with Gasteiger partial charge in [0.2, 0.25) is 5.90 Å². The van der Waals surface area contributed by atoms with Crippen molar-refractivity contribution in [3.8, 4) is 5.75 Å². The lowest BCUT2D eigenvalue weighted by Crippen LogP contribution is -2.05. The van der Waals surface area contributed by atoms with Crippen LogP contribution < -0.4 is 4.74 Å². The molecule has 0 amide bonds. The Hall–Kier alpha value is -2.88. The quantitative estimate of drug-likeness (QED) is 0.644. The van der Waals surface area contributed by atoms with Crippen LogP contribution in [-0.4, -0.2) is 19.0 Å². The second-order valence-electron chi connectivity index (χ2n) is 4.98. The predicted octanol–water partition coefficient (Wildman–Crippen LogP) is 3.35. The van der Waals surface area contributed by atoms with Gasteiger partial charge in [-0.2, -0.15) is 0 Å². The van der Waals surface area contributed by atoms with E-state index in [-0.39, 0.29) is 0 Å². The summed E-state index contributed by atoms with van der Waals surface area (Å²) in [5, 5.41) is 0. The minimum atomic E-state index is -0.445. The summed E-state index contributed by atoms with van der Waals surface area (Å²) in [7, 11) is 1.59. The third-order valence-corrected chi connectivity index (χ3v) is 3.28. The summed E-state index contributed by atoms with van der Waals surface area (Å²) in [6.07, 6.45) is 1.72. The smallest absolute Gasteiger partial charge is 0.363 e. The van der Waals surface area contributed by atoms with Crippen molar-refractivity contribution in [2.24, 2.45) is 4.99 Å². The molecule has 0 atom stereocenters. The van der Waals surface area contributed by atoms with E-state index in [0.717, 1.165) is 11.1 Å². The fraction of sp³-hybridized carbons (Fsp3) is 0.111. The maximum absolute atomic E-state index is 12.0. The molecule has 0 bridgehead atoms. The summed E-state index contributed by atoms with van der Waals surface area (Å²) in [5.41, 5.74) is 3.05. The van der Waals surface area contributed by atoms with Crippen LogP contribution in [0.3, 0.4) is 0 Å². The van der Waals surface area contributed by atoms with Gasteiger partial charge in [0, 0.05) is 5.56 Å². The first-order valence-electron chi connectivity index (χ1n) is 6.89. The molecule has 0 radical (unpaired) electrons. The molecule has 0 unspecified atom stereocenters. The molecule has 0 N–H and O–H groups in total. The van der Waals surface area contributed by atoms with Crippen molar-refractivity contribution in [3.63, 3.8) is 0 Å². The summed E-state index contributed by atoms with van der Waals surface area (Å²) < 4.78 is 10.4. The standard InChI is InChI=1S/C18H15NO3/c1-12-5-3-6-13(9-12)10-16-18(20)22-17(19-16)14-7-4-8-15(11-14)21-2/h3-11H,1-2H3/b16-10+. The number of cyclic esters (lactones) is 1. The number of carbonyl (C=O) groups is 1. The first-order valence-corrected chi connectivity index (χ1v) is 6.89. The average molecular weight is 293 g/mol. The van der Waals surface area contributed by atoms with Crippen LogP contribution in [0.2, 0.25) is 0 Å². The molecule has 0 spiro atoms. The number of methoxy groups -OCH3 is 1. The zero-order chi connectivity index (χ0) is 15.5. The molecule has 0 aromatic heterocycles. The summed E-state index contributed by atoms with van der Waals surface area (Å²) in [5.74, 6) is 0.537. The van der Waals surface area contributed by atoms with Gasteiger partial charge in [0.1, 0.15) is 5.75 Å². The van der Waals surface area contributed by atoms with Crippen molar-refractivity contribution in [1.82, 2.24) is 0 Å². The molecular formula is C18H15NO3. The van der Waals surface area contributed by atoms with E-state index in [4.69, 9.17) is 9.47 Å². The highest BCUT2D eigenvalue weighted by Gasteiger charge is 2.24. The molecule has 4 nitrogen and oxygen atoms in total. The van der Waals surface area contributed by atoms with Gasteiger partial charge < -0.3 is 9.47 Å². The highest BCUT2D eigenvalue weighted by molar-refractivity contribution is 6.12. The number of aliphatic imine (C=N–C) groups is 1. The molecule has 2 aromatic carbocycles. The Morgan fingerprint density at radius 3 is 2.73 bits per heavy atom. The van der Waals surface area contributed by atoms with Gasteiger partial charge in [0.25, 0.3) is 0 Å². The molecule has 0 fully saturated rings. The van der Waals surface area contributed by atoms with Gasteiger partial charge in [0.15, 0.2) is 5.70 Å². The zero-order valence-corrected chi connectivity index (χ0v) is 12.4. The highest BCUT2D eigenvalue weighted by Crippen LogP contribution is 2.21. The highest BCUT2D eigenvalue weighted by atomic mass is 16.6. The molecule has 1 aliphatic heterocycles. The van der Waals surface area contributed by atoms with Crippen LogP contribution in [0, 0.1) is 6.92 Å². The van der Waals surface area contributed by atoms with Crippen LogP contribution >= 0.6 is 0 Å². The van der Waals surface area contributed by atoms with Gasteiger partial charge >= 0.3 is 5.97 Å². The maximum Gasteiger partial charge on any atom is 0.363 e. The summed E-state index contributed by atoms with van der Waals surface area (Å²) in [6.45, 7) is 2.00. The summed E-state index contributed by atoms with van der Waals surface area (Å²) >= 11 is 0. The SMILES string of the molecule is COc1cccc(C2=N/C(=C/c3cccc(C)c3)C(=O)O2)c1. The second kappa shape index (κ2) is 5.85. The molecule has 22 heavy (non-hydrogen) atoms. The molecular weight excluding hydrogens is 278 g/mol. The van der Waals surface area contributed by atoms with E-state index in [1.54, 1.807) is 19.3 Å². The lowest BCUT2D eigenvalue weighted by Gasteiger charge is -2.02. The largest absolute Gasteiger partial charge is 0.497 e. The van der Waals surface area contributed by atoms with E-state index in [9.17, 15) is 4.79 Å². The fourth-order valence-corrected chi connectivity index (χ4v) is 2.21. The van der Waals surface area contributed by atoms with Crippen molar-refractivity contribution >= 4 is 17.9 Å². The lowest BCUT2D eigenvalue weighted by atomic mass is 10.1. The molecule has 0 saturated heterocycles. The number of benzene rings is 2. The van der Waals surface area contributed by atoms with E-state index in [1.807, 2.05) is 49.4 Å². The normalized spacial score (nSPS) is 15.6. The van der Waals surface area contributed by atoms with Crippen molar-refractivity contribution < 1.29 is 14.3 Å². The molecule has 1 aliphatic rings. The minimum Gasteiger partial charge on any atom is -0.497 e. The lowest BCUT2D eigenvalue weighted by molar-refractivity contribution is -0.129. The van der Waals surface area contributed by atoms with Crippen LogP contribution in [0.15, 0.2) is 59.2 Å². The average Bonchev–Trinajstić information content (AvgIpc) is 2.88. The Labute approximate surface area is 128 Å². The van der Waals surface area contributed by atoms with Crippen LogP contribution in [0.4, 0.5) is 0 Å². The first kappa shape index (κ1) is 14.1. The molecule has 2 aromatic rings. The minimum absolute atomic E-state index is 0.294. The van der Waals surface area contributed by atoms with E-state index in [2.05, 4.69) is 4.99 Å². The van der Waals surface area contributed by atoms with Crippen molar-refractivity contribution in [1.29, 1.82) is 0 Å². The second-order valence-corrected chi connectivity index (χ2v) is 4.98. The van der Waals surface area contributed by atoms with E-state index in [1.165, 1.54) is 0 Å². The van der Waals surface area contributed by atoms with Gasteiger partial charge in [-0.25, -0.2) is 9.79 Å². The Bertz CT molecular complexity index is 790. The number of hydrogen-bond acceptors (Lipinski definition) is 4. The number of carbonyl (C=O) groups excluding carboxylic acids is 1. The zero-order valence-electron chi connectivity index (χ0n) is 12.4. The Balaban J connectivity index is 1.94. The Morgan fingerprint density at radius 2 is 1.95 bits per heavy atom. The maximum atomic E-state index is 12.0. The van der Waals surface area contributed by atoms with Crippen LogP contribution in [0.25, 0.3) is 6.08 Å². The van der Waals surface area contributed by atoms with Crippen molar-refractivity contribution in [3.05, 3.63) is 70.9 Å². The topological polar surface area (TPSA) is 47.9 Å². The third kappa shape index (κ3) is 2.91. The molecule has 1 heterocycles. The molecule has 0 saturated carbocycles. The fourth-order valence-electron chi connectivity index (χ4n) is 2.21. The van der Waals surface area contributed by atoms with Gasteiger partial charge in [0.05, 0.1) is 7.11 Å². The number of ether oxygens (including phenoxy) is 2. The summed E-state index contributed by atoms with van der Waals surface area (Å²) in [6, 6.07) is 15.1. The monoisotopic (exact) mass is 293 g/mol. The molecule has 0 aliphatic carbocycles. The molecule has 110 valence electrons. The van der Waals surface area contributed by atoms with Crippen molar-refractivity contribution in [2.75, 3.05) is 7.11 Å². The van der Waals surface area contributed by atoms with E-state index in [0.29, 0.717) is 22.9 Å². The Morgan fingerprint density at radius 1 is 1.14 bits per heavy atom. The van der Waals surface area contributed by atoms with Crippen molar-refractivity contribution in [2.45, 2.75) is 6.92 Å². The predicted molar refractivity (Wildman–Crippen MR) is 84.8 cm³/mol. The number of rotatable bonds is 3. The number of aryl methyl sites for hydroxylation is 1. The van der Waals surface area contributed by atoms with Crippen LogP contribution in [-0.2, 0) is 9.53 Å². The van der Waals surface area contributed by atoms with E-state index >= 15 is 0 Å². The first-order chi connectivity index (χ1) is 10.7. The van der Waals surface area contributed by atoms with Gasteiger partial charge in [-0.05, 0) is 36.8 Å². The number of hydrogen-bond donors (Lipinski definition) is 0. The van der Waals surface area contributed by atoms with Crippen LogP contribution in [0.5, 0.6) is 5.75 Å². The number of esters is 1. The molecule has 3 rings (SSSR count). The van der Waals surface area contributed by atoms with Gasteiger partial charge in [-0.1, -0.05) is 35.9 Å². The summed E-state index contributed by atoms with van der Waals surface area (Å²) in [4.78, 5) is 16.3.